The number of aryl methyl sites for hydroxylation is 1. The van der Waals surface area contributed by atoms with E-state index in [1.165, 1.54) is 18.6 Å². The molecule has 0 aliphatic heterocycles. The lowest BCUT2D eigenvalue weighted by atomic mass is 9.94. The second-order valence-corrected chi connectivity index (χ2v) is 7.37. The number of carbonyl (C=O) groups excluding carboxylic acids is 2. The number of amides is 2. The topological polar surface area (TPSA) is 99.6 Å². The molecule has 0 atom stereocenters. The SMILES string of the molecule is Cc1nc(C(=O)Nc2ccc(C(=O)N(C)C3CCCCC3)cc2)ccc1C(=O)O. The first-order chi connectivity index (χ1) is 13.9. The summed E-state index contributed by atoms with van der Waals surface area (Å²) in [5.41, 5.74) is 1.58. The van der Waals surface area contributed by atoms with Crippen molar-refractivity contribution in [2.75, 3.05) is 12.4 Å². The number of aromatic nitrogens is 1. The van der Waals surface area contributed by atoms with Crippen molar-refractivity contribution in [3.63, 3.8) is 0 Å². The van der Waals surface area contributed by atoms with Crippen LogP contribution in [0.2, 0.25) is 0 Å². The number of nitrogens with zero attached hydrogens (tertiary/aromatic N) is 2. The van der Waals surface area contributed by atoms with Crippen LogP contribution in [0.15, 0.2) is 36.4 Å². The number of pyridine rings is 1. The number of carboxylic acid groups (broad SMARTS) is 1. The number of aromatic carboxylic acids is 1. The third kappa shape index (κ3) is 4.80. The Morgan fingerprint density at radius 1 is 1.03 bits per heavy atom. The Kier molecular flexibility index (Phi) is 6.26. The molecule has 0 spiro atoms. The van der Waals surface area contributed by atoms with Gasteiger partial charge in [-0.3, -0.25) is 9.59 Å². The van der Waals surface area contributed by atoms with Crippen molar-refractivity contribution in [2.45, 2.75) is 45.1 Å². The van der Waals surface area contributed by atoms with Gasteiger partial charge in [-0.25, -0.2) is 9.78 Å². The molecular formula is C22H25N3O4. The molecule has 29 heavy (non-hydrogen) atoms. The Bertz CT molecular complexity index is 918. The highest BCUT2D eigenvalue weighted by molar-refractivity contribution is 6.03. The fraction of sp³-hybridized carbons (Fsp3) is 0.364. The van der Waals surface area contributed by atoms with Crippen LogP contribution in [-0.4, -0.2) is 45.9 Å². The Morgan fingerprint density at radius 3 is 2.28 bits per heavy atom. The predicted octanol–water partition coefficient (Wildman–Crippen LogP) is 3.75. The fourth-order valence-corrected chi connectivity index (χ4v) is 3.64. The zero-order chi connectivity index (χ0) is 21.0. The molecule has 0 bridgehead atoms. The van der Waals surface area contributed by atoms with Crippen LogP contribution in [0.5, 0.6) is 0 Å². The Labute approximate surface area is 169 Å². The number of nitrogens with one attached hydrogen (secondary N) is 1. The van der Waals surface area contributed by atoms with Crippen molar-refractivity contribution in [3.8, 4) is 0 Å². The summed E-state index contributed by atoms with van der Waals surface area (Å²) in [6.45, 7) is 1.55. The molecule has 1 saturated carbocycles. The monoisotopic (exact) mass is 395 g/mol. The molecular weight excluding hydrogens is 370 g/mol. The van der Waals surface area contributed by atoms with Gasteiger partial charge in [0.25, 0.3) is 11.8 Å². The maximum Gasteiger partial charge on any atom is 0.337 e. The minimum atomic E-state index is -1.08. The summed E-state index contributed by atoms with van der Waals surface area (Å²) in [5, 5.41) is 11.8. The average molecular weight is 395 g/mol. The van der Waals surface area contributed by atoms with Gasteiger partial charge < -0.3 is 15.3 Å². The van der Waals surface area contributed by atoms with Gasteiger partial charge >= 0.3 is 5.97 Å². The van der Waals surface area contributed by atoms with Gasteiger partial charge in [-0.1, -0.05) is 19.3 Å². The highest BCUT2D eigenvalue weighted by atomic mass is 16.4. The van der Waals surface area contributed by atoms with Crippen LogP contribution < -0.4 is 5.32 Å². The molecule has 3 rings (SSSR count). The molecule has 7 nitrogen and oxygen atoms in total. The lowest BCUT2D eigenvalue weighted by molar-refractivity contribution is 0.0686. The summed E-state index contributed by atoms with van der Waals surface area (Å²) in [4.78, 5) is 42.0. The fourth-order valence-electron chi connectivity index (χ4n) is 3.64. The lowest BCUT2D eigenvalue weighted by Crippen LogP contribution is -2.38. The Morgan fingerprint density at radius 2 is 1.69 bits per heavy atom. The molecule has 152 valence electrons. The van der Waals surface area contributed by atoms with Gasteiger partial charge in [0.1, 0.15) is 5.69 Å². The van der Waals surface area contributed by atoms with Gasteiger partial charge in [0.15, 0.2) is 0 Å². The minimum absolute atomic E-state index is 0.0173. The van der Waals surface area contributed by atoms with Crippen LogP contribution in [0.3, 0.4) is 0 Å². The smallest absolute Gasteiger partial charge is 0.337 e. The van der Waals surface area contributed by atoms with Crippen molar-refractivity contribution in [1.29, 1.82) is 0 Å². The second-order valence-electron chi connectivity index (χ2n) is 7.37. The molecule has 0 radical (unpaired) electrons. The molecule has 1 fully saturated rings. The molecule has 2 amide bonds. The summed E-state index contributed by atoms with van der Waals surface area (Å²) in [5.74, 6) is -1.54. The summed E-state index contributed by atoms with van der Waals surface area (Å²) < 4.78 is 0. The van der Waals surface area contributed by atoms with E-state index in [1.54, 1.807) is 31.2 Å². The number of hydrogen-bond acceptors (Lipinski definition) is 4. The number of carboxylic acids is 1. The zero-order valence-electron chi connectivity index (χ0n) is 16.6. The number of benzene rings is 1. The van der Waals surface area contributed by atoms with Gasteiger partial charge in [0.05, 0.1) is 11.3 Å². The van der Waals surface area contributed by atoms with Crippen molar-refractivity contribution < 1.29 is 19.5 Å². The van der Waals surface area contributed by atoms with Crippen LogP contribution >= 0.6 is 0 Å². The summed E-state index contributed by atoms with van der Waals surface area (Å²) in [6, 6.07) is 9.79. The highest BCUT2D eigenvalue weighted by Crippen LogP contribution is 2.23. The summed E-state index contributed by atoms with van der Waals surface area (Å²) in [7, 11) is 1.85. The van der Waals surface area contributed by atoms with Gasteiger partial charge in [-0.15, -0.1) is 0 Å². The van der Waals surface area contributed by atoms with E-state index in [0.717, 1.165) is 25.7 Å². The first-order valence-corrected chi connectivity index (χ1v) is 9.76. The predicted molar refractivity (Wildman–Crippen MR) is 109 cm³/mol. The van der Waals surface area contributed by atoms with Gasteiger partial charge in [-0.05, 0) is 56.2 Å². The number of anilines is 1. The number of hydrogen-bond donors (Lipinski definition) is 2. The lowest BCUT2D eigenvalue weighted by Gasteiger charge is -2.31. The maximum absolute atomic E-state index is 12.7. The highest BCUT2D eigenvalue weighted by Gasteiger charge is 2.23. The van der Waals surface area contributed by atoms with Crippen LogP contribution in [0, 0.1) is 6.92 Å². The first kappa shape index (κ1) is 20.5. The molecule has 1 aliphatic carbocycles. The third-order valence-corrected chi connectivity index (χ3v) is 5.38. The molecule has 2 N–H and O–H groups in total. The van der Waals surface area contributed by atoms with E-state index in [9.17, 15) is 14.4 Å². The number of rotatable bonds is 5. The maximum atomic E-state index is 12.7. The molecule has 0 saturated heterocycles. The van der Waals surface area contributed by atoms with Crippen molar-refractivity contribution in [2.24, 2.45) is 0 Å². The minimum Gasteiger partial charge on any atom is -0.478 e. The Balaban J connectivity index is 1.65. The van der Waals surface area contributed by atoms with E-state index in [2.05, 4.69) is 10.3 Å². The van der Waals surface area contributed by atoms with Crippen molar-refractivity contribution in [3.05, 3.63) is 58.9 Å². The standard InChI is InChI=1S/C22H25N3O4/c1-14-18(22(28)29)12-13-19(23-14)20(26)24-16-10-8-15(9-11-16)21(27)25(2)17-6-4-3-5-7-17/h8-13,17H,3-7H2,1-2H3,(H,24,26)(H,28,29). The van der Waals surface area contributed by atoms with Gasteiger partial charge in [0.2, 0.25) is 0 Å². The van der Waals surface area contributed by atoms with E-state index >= 15 is 0 Å². The third-order valence-electron chi connectivity index (χ3n) is 5.38. The largest absolute Gasteiger partial charge is 0.478 e. The normalized spacial score (nSPS) is 14.3. The molecule has 1 heterocycles. The van der Waals surface area contributed by atoms with Crippen LogP contribution in [0.25, 0.3) is 0 Å². The molecule has 1 aromatic carbocycles. The van der Waals surface area contributed by atoms with E-state index in [1.807, 2.05) is 11.9 Å². The van der Waals surface area contributed by atoms with Gasteiger partial charge in [0, 0.05) is 24.3 Å². The van der Waals surface area contributed by atoms with Crippen molar-refractivity contribution >= 4 is 23.5 Å². The number of carbonyl (C=O) groups is 3. The second kappa shape index (κ2) is 8.86. The summed E-state index contributed by atoms with van der Waals surface area (Å²) in [6.07, 6.45) is 5.65. The zero-order valence-corrected chi connectivity index (χ0v) is 16.6. The van der Waals surface area contributed by atoms with Crippen LogP contribution in [0.4, 0.5) is 5.69 Å². The van der Waals surface area contributed by atoms with Crippen molar-refractivity contribution in [1.82, 2.24) is 9.88 Å². The van der Waals surface area contributed by atoms with E-state index in [4.69, 9.17) is 5.11 Å². The molecule has 7 heteroatoms. The molecule has 1 aliphatic rings. The van der Waals surface area contributed by atoms with Gasteiger partial charge in [-0.2, -0.15) is 0 Å². The van der Waals surface area contributed by atoms with Crippen LogP contribution in [0.1, 0.15) is 69.0 Å². The molecule has 2 aromatic rings. The summed E-state index contributed by atoms with van der Waals surface area (Å²) >= 11 is 0. The van der Waals surface area contributed by atoms with E-state index < -0.39 is 11.9 Å². The first-order valence-electron chi connectivity index (χ1n) is 9.76. The average Bonchev–Trinajstić information content (AvgIpc) is 2.73. The van der Waals surface area contributed by atoms with Crippen LogP contribution in [-0.2, 0) is 0 Å². The van der Waals surface area contributed by atoms with E-state index in [0.29, 0.717) is 17.3 Å². The Hall–Kier alpha value is -3.22. The molecule has 0 unspecified atom stereocenters. The quantitative estimate of drug-likeness (QED) is 0.803. The molecule has 1 aromatic heterocycles. The van der Waals surface area contributed by atoms with E-state index in [-0.39, 0.29) is 22.9 Å².